The maximum Gasteiger partial charge on any atom is 0.234 e. The van der Waals surface area contributed by atoms with Gasteiger partial charge in [0.05, 0.1) is 12.9 Å². The molecule has 4 rings (SSSR count). The number of methoxy groups -OCH3 is 1. The molecule has 32 heavy (non-hydrogen) atoms. The van der Waals surface area contributed by atoms with Crippen molar-refractivity contribution in [2.45, 2.75) is 25.2 Å². The van der Waals surface area contributed by atoms with Gasteiger partial charge in [-0.05, 0) is 24.3 Å². The number of hydrogen-bond donors (Lipinski definition) is 1. The van der Waals surface area contributed by atoms with Crippen molar-refractivity contribution in [2.75, 3.05) is 18.2 Å². The molecule has 0 fully saturated rings. The summed E-state index contributed by atoms with van der Waals surface area (Å²) in [5.41, 5.74) is 1.58. The average Bonchev–Trinajstić information content (AvgIpc) is 3.45. The van der Waals surface area contributed by atoms with Crippen LogP contribution in [-0.2, 0) is 17.9 Å². The van der Waals surface area contributed by atoms with Crippen LogP contribution in [0.25, 0.3) is 11.4 Å². The molecule has 2 aromatic carbocycles. The summed E-state index contributed by atoms with van der Waals surface area (Å²) in [7, 11) is 1.59. The summed E-state index contributed by atoms with van der Waals surface area (Å²) in [6.07, 6.45) is 0. The highest BCUT2D eigenvalue weighted by atomic mass is 32.2. The number of nitrogens with zero attached hydrogens (tertiary/aromatic N) is 7. The highest BCUT2D eigenvalue weighted by Gasteiger charge is 2.15. The SMILES string of the molecule is CCn1c(Cn2nnc(-c3ccccc3)n2)nnc1SCC(=O)Nc1cccc(OC)c1. The normalized spacial score (nSPS) is 10.8. The third-order valence-corrected chi connectivity index (χ3v) is 5.53. The van der Waals surface area contributed by atoms with Crippen molar-refractivity contribution >= 4 is 23.4 Å². The van der Waals surface area contributed by atoms with Crippen molar-refractivity contribution in [1.29, 1.82) is 0 Å². The molecule has 0 unspecified atom stereocenters. The molecule has 0 spiro atoms. The van der Waals surface area contributed by atoms with Crippen LogP contribution < -0.4 is 10.1 Å². The first-order chi connectivity index (χ1) is 15.7. The smallest absolute Gasteiger partial charge is 0.234 e. The molecule has 0 radical (unpaired) electrons. The minimum Gasteiger partial charge on any atom is -0.497 e. The molecule has 11 heteroatoms. The lowest BCUT2D eigenvalue weighted by molar-refractivity contribution is -0.113. The first-order valence-corrected chi connectivity index (χ1v) is 11.0. The molecule has 0 aliphatic carbocycles. The first kappa shape index (κ1) is 21.5. The maximum absolute atomic E-state index is 12.4. The van der Waals surface area contributed by atoms with Crippen LogP contribution in [-0.4, -0.2) is 53.7 Å². The van der Waals surface area contributed by atoms with E-state index >= 15 is 0 Å². The number of rotatable bonds is 9. The van der Waals surface area contributed by atoms with Gasteiger partial charge in [0.2, 0.25) is 11.7 Å². The molecule has 2 heterocycles. The Morgan fingerprint density at radius 3 is 2.72 bits per heavy atom. The van der Waals surface area contributed by atoms with Gasteiger partial charge < -0.3 is 14.6 Å². The largest absolute Gasteiger partial charge is 0.497 e. The number of carbonyl (C=O) groups excluding carboxylic acids is 1. The van der Waals surface area contributed by atoms with Gasteiger partial charge >= 0.3 is 0 Å². The number of amides is 1. The van der Waals surface area contributed by atoms with E-state index in [1.165, 1.54) is 16.6 Å². The second kappa shape index (κ2) is 10.1. The van der Waals surface area contributed by atoms with E-state index in [2.05, 4.69) is 30.9 Å². The van der Waals surface area contributed by atoms with Crippen LogP contribution in [0.3, 0.4) is 0 Å². The van der Waals surface area contributed by atoms with Crippen LogP contribution in [0.15, 0.2) is 59.8 Å². The average molecular weight is 451 g/mol. The van der Waals surface area contributed by atoms with Crippen LogP contribution >= 0.6 is 11.8 Å². The zero-order valence-electron chi connectivity index (χ0n) is 17.7. The zero-order chi connectivity index (χ0) is 22.3. The molecule has 1 N–H and O–H groups in total. The van der Waals surface area contributed by atoms with Crippen LogP contribution in [0.4, 0.5) is 5.69 Å². The van der Waals surface area contributed by atoms with Gasteiger partial charge in [-0.1, -0.05) is 48.2 Å². The number of tetrazole rings is 1. The quantitative estimate of drug-likeness (QED) is 0.387. The number of thioether (sulfide) groups is 1. The number of anilines is 1. The molecule has 0 bridgehead atoms. The third-order valence-electron chi connectivity index (χ3n) is 4.56. The Labute approximate surface area is 189 Å². The molecule has 2 aromatic heterocycles. The molecular weight excluding hydrogens is 428 g/mol. The van der Waals surface area contributed by atoms with Gasteiger partial charge in [0.1, 0.15) is 12.3 Å². The third kappa shape index (κ3) is 5.11. The lowest BCUT2D eigenvalue weighted by atomic mass is 10.2. The van der Waals surface area contributed by atoms with Gasteiger partial charge in [-0.15, -0.1) is 20.4 Å². The Hall–Kier alpha value is -3.73. The molecule has 10 nitrogen and oxygen atoms in total. The number of benzene rings is 2. The van der Waals surface area contributed by atoms with Gasteiger partial charge in [0.25, 0.3) is 0 Å². The monoisotopic (exact) mass is 450 g/mol. The summed E-state index contributed by atoms with van der Waals surface area (Å²) in [6.45, 7) is 2.98. The molecule has 0 saturated carbocycles. The highest BCUT2D eigenvalue weighted by molar-refractivity contribution is 7.99. The molecular formula is C21H22N8O2S. The van der Waals surface area contributed by atoms with E-state index in [4.69, 9.17) is 4.74 Å². The van der Waals surface area contributed by atoms with Gasteiger partial charge in [-0.25, -0.2) is 0 Å². The number of ether oxygens (including phenoxy) is 1. The molecule has 0 saturated heterocycles. The summed E-state index contributed by atoms with van der Waals surface area (Å²) < 4.78 is 7.12. The maximum atomic E-state index is 12.4. The molecule has 4 aromatic rings. The fourth-order valence-electron chi connectivity index (χ4n) is 3.03. The minimum absolute atomic E-state index is 0.138. The molecule has 0 aliphatic heterocycles. The standard InChI is InChI=1S/C21H22N8O2S/c1-3-28-18(13-29-26-20(24-27-29)15-8-5-4-6-9-15)23-25-21(28)32-14-19(30)22-16-10-7-11-17(12-16)31-2/h4-12H,3,13-14H2,1-2H3,(H,22,30). The number of nitrogens with one attached hydrogen (secondary N) is 1. The van der Waals surface area contributed by atoms with E-state index < -0.39 is 0 Å². The van der Waals surface area contributed by atoms with E-state index in [0.717, 1.165) is 5.56 Å². The number of aromatic nitrogens is 7. The van der Waals surface area contributed by atoms with Crippen molar-refractivity contribution in [1.82, 2.24) is 35.0 Å². The molecule has 0 atom stereocenters. The lowest BCUT2D eigenvalue weighted by Gasteiger charge is -2.08. The Bertz CT molecular complexity index is 1190. The first-order valence-electron chi connectivity index (χ1n) is 9.98. The molecule has 1 amide bonds. The van der Waals surface area contributed by atoms with Crippen LogP contribution in [0.5, 0.6) is 5.75 Å². The summed E-state index contributed by atoms with van der Waals surface area (Å²) >= 11 is 1.32. The van der Waals surface area contributed by atoms with E-state index in [1.54, 1.807) is 13.2 Å². The summed E-state index contributed by atoms with van der Waals surface area (Å²) in [5, 5.41) is 24.7. The van der Waals surface area contributed by atoms with Gasteiger partial charge in [0.15, 0.2) is 11.0 Å². The van der Waals surface area contributed by atoms with Crippen LogP contribution in [0, 0.1) is 0 Å². The van der Waals surface area contributed by atoms with Gasteiger partial charge in [0, 0.05) is 23.9 Å². The molecule has 164 valence electrons. The van der Waals surface area contributed by atoms with Crippen molar-refractivity contribution in [3.63, 3.8) is 0 Å². The zero-order valence-corrected chi connectivity index (χ0v) is 18.5. The topological polar surface area (TPSA) is 113 Å². The second-order valence-corrected chi connectivity index (χ2v) is 7.66. The van der Waals surface area contributed by atoms with E-state index in [-0.39, 0.29) is 11.7 Å². The van der Waals surface area contributed by atoms with E-state index in [0.29, 0.717) is 41.3 Å². The summed E-state index contributed by atoms with van der Waals surface area (Å²) in [5.74, 6) is 2.00. The Kier molecular flexibility index (Phi) is 6.75. The second-order valence-electron chi connectivity index (χ2n) is 6.72. The lowest BCUT2D eigenvalue weighted by Crippen LogP contribution is -2.15. The number of hydrogen-bond acceptors (Lipinski definition) is 8. The predicted molar refractivity (Wildman–Crippen MR) is 120 cm³/mol. The Morgan fingerprint density at radius 2 is 1.94 bits per heavy atom. The fraction of sp³-hybridized carbons (Fsp3) is 0.238. The van der Waals surface area contributed by atoms with E-state index in [1.807, 2.05) is 60.0 Å². The Morgan fingerprint density at radius 1 is 1.09 bits per heavy atom. The van der Waals surface area contributed by atoms with Crippen molar-refractivity contribution in [3.05, 3.63) is 60.4 Å². The highest BCUT2D eigenvalue weighted by Crippen LogP contribution is 2.20. The predicted octanol–water partition coefficient (Wildman–Crippen LogP) is 2.74. The van der Waals surface area contributed by atoms with Gasteiger partial charge in [-0.2, -0.15) is 4.80 Å². The summed E-state index contributed by atoms with van der Waals surface area (Å²) in [6, 6.07) is 16.9. The van der Waals surface area contributed by atoms with Crippen molar-refractivity contribution in [3.8, 4) is 17.1 Å². The van der Waals surface area contributed by atoms with Crippen LogP contribution in [0.1, 0.15) is 12.7 Å². The van der Waals surface area contributed by atoms with E-state index in [9.17, 15) is 4.79 Å². The van der Waals surface area contributed by atoms with Gasteiger partial charge in [-0.3, -0.25) is 4.79 Å². The summed E-state index contributed by atoms with van der Waals surface area (Å²) in [4.78, 5) is 13.8. The molecule has 0 aliphatic rings. The number of carbonyl (C=O) groups is 1. The minimum atomic E-state index is -0.138. The van der Waals surface area contributed by atoms with Crippen LogP contribution in [0.2, 0.25) is 0 Å². The Balaban J connectivity index is 1.38. The fourth-order valence-corrected chi connectivity index (χ4v) is 3.85. The van der Waals surface area contributed by atoms with Crippen molar-refractivity contribution in [2.24, 2.45) is 0 Å². The van der Waals surface area contributed by atoms with Crippen molar-refractivity contribution < 1.29 is 9.53 Å².